The molecule has 0 N–H and O–H groups in total. The molecule has 0 amide bonds. The average molecular weight is 286 g/mol. The smallest absolute Gasteiger partial charge is 0.0794 e. The lowest BCUT2D eigenvalue weighted by molar-refractivity contribution is 0.101. The fraction of sp³-hybridized carbons (Fsp3) is 0.800. The van der Waals surface area contributed by atoms with E-state index in [1.807, 2.05) is 5.51 Å². The van der Waals surface area contributed by atoms with Gasteiger partial charge in [0.2, 0.25) is 0 Å². The summed E-state index contributed by atoms with van der Waals surface area (Å²) in [5.41, 5.74) is 3.91. The van der Waals surface area contributed by atoms with Crippen LogP contribution in [-0.2, 0) is 6.42 Å². The predicted molar refractivity (Wildman–Crippen MR) is 80.4 cm³/mol. The molecule has 1 saturated carbocycles. The molecule has 0 atom stereocenters. The molecule has 0 unspecified atom stereocenters. The Morgan fingerprint density at radius 3 is 2.50 bits per heavy atom. The standard InChI is InChI=1S/C15H24ClNS/c1-14(2,3)12-4-6-15(10-16,7-5-12)8-13-9-18-11-17-13/h9,11-12H,4-8,10H2,1-3H3. The number of hydrogen-bond acceptors (Lipinski definition) is 2. The number of nitrogens with zero attached hydrogens (tertiary/aromatic N) is 1. The highest BCUT2D eigenvalue weighted by atomic mass is 35.5. The number of halogens is 1. The lowest BCUT2D eigenvalue weighted by Crippen LogP contribution is -2.35. The zero-order valence-corrected chi connectivity index (χ0v) is 13.3. The molecular weight excluding hydrogens is 262 g/mol. The van der Waals surface area contributed by atoms with E-state index in [-0.39, 0.29) is 0 Å². The highest BCUT2D eigenvalue weighted by Crippen LogP contribution is 2.47. The largest absolute Gasteiger partial charge is 0.250 e. The second-order valence-corrected chi connectivity index (χ2v) is 7.92. The maximum absolute atomic E-state index is 6.29. The lowest BCUT2D eigenvalue weighted by atomic mass is 9.63. The second kappa shape index (κ2) is 5.50. The van der Waals surface area contributed by atoms with Crippen molar-refractivity contribution in [3.05, 3.63) is 16.6 Å². The highest BCUT2D eigenvalue weighted by Gasteiger charge is 2.38. The number of thiazole rings is 1. The number of alkyl halides is 1. The van der Waals surface area contributed by atoms with E-state index in [4.69, 9.17) is 11.6 Å². The lowest BCUT2D eigenvalue weighted by Gasteiger charge is -2.43. The van der Waals surface area contributed by atoms with E-state index in [0.717, 1.165) is 18.2 Å². The van der Waals surface area contributed by atoms with Gasteiger partial charge in [-0.1, -0.05) is 20.8 Å². The van der Waals surface area contributed by atoms with Gasteiger partial charge in [-0.05, 0) is 48.9 Å². The van der Waals surface area contributed by atoms with Crippen LogP contribution in [0.1, 0.15) is 52.1 Å². The van der Waals surface area contributed by atoms with Crippen LogP contribution in [-0.4, -0.2) is 10.9 Å². The summed E-state index contributed by atoms with van der Waals surface area (Å²) in [4.78, 5) is 4.43. The fourth-order valence-corrected chi connectivity index (χ4v) is 4.08. The molecule has 1 aromatic rings. The Kier molecular flexibility index (Phi) is 4.38. The SMILES string of the molecule is CC(C)(C)C1CCC(CCl)(Cc2cscn2)CC1. The molecule has 0 aliphatic heterocycles. The van der Waals surface area contributed by atoms with Crippen LogP contribution in [0.4, 0.5) is 0 Å². The summed E-state index contributed by atoms with van der Waals surface area (Å²) in [5.74, 6) is 1.63. The van der Waals surface area contributed by atoms with Crippen molar-refractivity contribution in [3.63, 3.8) is 0 Å². The van der Waals surface area contributed by atoms with Crippen molar-refractivity contribution < 1.29 is 0 Å². The predicted octanol–water partition coefficient (Wildman–Crippen LogP) is 5.15. The summed E-state index contributed by atoms with van der Waals surface area (Å²) in [6, 6.07) is 0. The molecule has 1 aliphatic carbocycles. The highest BCUT2D eigenvalue weighted by molar-refractivity contribution is 7.07. The summed E-state index contributed by atoms with van der Waals surface area (Å²) in [7, 11) is 0. The average Bonchev–Trinajstić information content (AvgIpc) is 2.81. The van der Waals surface area contributed by atoms with Crippen LogP contribution in [0.25, 0.3) is 0 Å². The Hall–Kier alpha value is -0.0800. The van der Waals surface area contributed by atoms with E-state index >= 15 is 0 Å². The van der Waals surface area contributed by atoms with Crippen LogP contribution in [0.3, 0.4) is 0 Å². The first kappa shape index (κ1) is 14.3. The second-order valence-electron chi connectivity index (χ2n) is 6.93. The zero-order valence-electron chi connectivity index (χ0n) is 11.7. The fourth-order valence-electron chi connectivity index (χ4n) is 3.16. The quantitative estimate of drug-likeness (QED) is 0.700. The molecule has 102 valence electrons. The van der Waals surface area contributed by atoms with Crippen molar-refractivity contribution in [1.82, 2.24) is 4.98 Å². The molecule has 1 aliphatic rings. The molecule has 1 fully saturated rings. The Morgan fingerprint density at radius 2 is 2.06 bits per heavy atom. The molecule has 1 heterocycles. The molecule has 0 radical (unpaired) electrons. The van der Waals surface area contributed by atoms with Crippen molar-refractivity contribution in [3.8, 4) is 0 Å². The number of aromatic nitrogens is 1. The summed E-state index contributed by atoms with van der Waals surface area (Å²) in [6.45, 7) is 7.10. The van der Waals surface area contributed by atoms with Crippen molar-refractivity contribution in [1.29, 1.82) is 0 Å². The maximum Gasteiger partial charge on any atom is 0.0794 e. The van der Waals surface area contributed by atoms with E-state index in [2.05, 4.69) is 31.1 Å². The van der Waals surface area contributed by atoms with Gasteiger partial charge in [-0.15, -0.1) is 22.9 Å². The molecular formula is C15H24ClNS. The first-order valence-electron chi connectivity index (χ1n) is 6.88. The van der Waals surface area contributed by atoms with E-state index in [1.54, 1.807) is 11.3 Å². The molecule has 0 bridgehead atoms. The van der Waals surface area contributed by atoms with Gasteiger partial charge >= 0.3 is 0 Å². The normalized spacial score (nSPS) is 29.4. The van der Waals surface area contributed by atoms with Crippen LogP contribution in [0.15, 0.2) is 10.9 Å². The van der Waals surface area contributed by atoms with Crippen LogP contribution in [0, 0.1) is 16.7 Å². The number of rotatable bonds is 3. The van der Waals surface area contributed by atoms with Gasteiger partial charge in [0.25, 0.3) is 0 Å². The van der Waals surface area contributed by atoms with Crippen LogP contribution < -0.4 is 0 Å². The topological polar surface area (TPSA) is 12.9 Å². The minimum absolute atomic E-state index is 0.303. The monoisotopic (exact) mass is 285 g/mol. The van der Waals surface area contributed by atoms with Gasteiger partial charge < -0.3 is 0 Å². The Morgan fingerprint density at radius 1 is 1.39 bits per heavy atom. The van der Waals surface area contributed by atoms with Gasteiger partial charge in [-0.3, -0.25) is 0 Å². The third-order valence-corrected chi connectivity index (χ3v) is 5.80. The first-order valence-corrected chi connectivity index (χ1v) is 8.36. The molecule has 1 nitrogen and oxygen atoms in total. The van der Waals surface area contributed by atoms with Crippen molar-refractivity contribution in [2.75, 3.05) is 5.88 Å². The van der Waals surface area contributed by atoms with Gasteiger partial charge in [0.05, 0.1) is 11.2 Å². The van der Waals surface area contributed by atoms with E-state index < -0.39 is 0 Å². The van der Waals surface area contributed by atoms with E-state index in [9.17, 15) is 0 Å². The van der Waals surface area contributed by atoms with Crippen LogP contribution in [0.2, 0.25) is 0 Å². The Bertz CT molecular complexity index is 358. The summed E-state index contributed by atoms with van der Waals surface area (Å²) >= 11 is 7.98. The van der Waals surface area contributed by atoms with Gasteiger partial charge in [0.15, 0.2) is 0 Å². The van der Waals surface area contributed by atoms with Crippen molar-refractivity contribution >= 4 is 22.9 Å². The Labute approximate surface area is 120 Å². The van der Waals surface area contributed by atoms with E-state index in [0.29, 0.717) is 10.8 Å². The molecule has 3 heteroatoms. The molecule has 1 aromatic heterocycles. The summed E-state index contributed by atoms with van der Waals surface area (Å²) in [6.07, 6.45) is 6.23. The van der Waals surface area contributed by atoms with Crippen LogP contribution in [0.5, 0.6) is 0 Å². The van der Waals surface area contributed by atoms with Gasteiger partial charge in [0, 0.05) is 11.3 Å². The third kappa shape index (κ3) is 3.27. The third-order valence-electron chi connectivity index (χ3n) is 4.59. The van der Waals surface area contributed by atoms with Gasteiger partial charge in [-0.25, -0.2) is 4.98 Å². The first-order chi connectivity index (χ1) is 8.45. The summed E-state index contributed by atoms with van der Waals surface area (Å²) in [5, 5.41) is 2.17. The van der Waals surface area contributed by atoms with Crippen LogP contribution >= 0.6 is 22.9 Å². The van der Waals surface area contributed by atoms with Gasteiger partial charge in [0.1, 0.15) is 0 Å². The minimum atomic E-state index is 0.303. The van der Waals surface area contributed by atoms with E-state index in [1.165, 1.54) is 31.4 Å². The Balaban J connectivity index is 2.00. The number of hydrogen-bond donors (Lipinski definition) is 0. The molecule has 0 aromatic carbocycles. The van der Waals surface area contributed by atoms with Crippen molar-refractivity contribution in [2.45, 2.75) is 52.9 Å². The molecule has 2 rings (SSSR count). The molecule has 0 spiro atoms. The zero-order chi connectivity index (χ0) is 13.2. The minimum Gasteiger partial charge on any atom is -0.250 e. The molecule has 0 saturated heterocycles. The summed E-state index contributed by atoms with van der Waals surface area (Å²) < 4.78 is 0. The van der Waals surface area contributed by atoms with Crippen molar-refractivity contribution in [2.24, 2.45) is 16.7 Å². The van der Waals surface area contributed by atoms with Gasteiger partial charge in [-0.2, -0.15) is 0 Å². The molecule has 18 heavy (non-hydrogen) atoms. The maximum atomic E-state index is 6.29.